The van der Waals surface area contributed by atoms with Crippen LogP contribution in [-0.2, 0) is 9.57 Å². The fourth-order valence-corrected chi connectivity index (χ4v) is 2.14. The normalized spacial score (nSPS) is 13.1. The Morgan fingerprint density at radius 2 is 2.00 bits per heavy atom. The van der Waals surface area contributed by atoms with E-state index in [9.17, 15) is 4.79 Å². The maximum Gasteiger partial charge on any atom is 0.344 e. The Labute approximate surface area is 128 Å². The number of benzene rings is 2. The number of ether oxygens (including phenoxy) is 2. The van der Waals surface area contributed by atoms with Gasteiger partial charge in [0.1, 0.15) is 5.75 Å². The Balaban J connectivity index is 1.91. The number of hydrogen-bond donors (Lipinski definition) is 0. The van der Waals surface area contributed by atoms with Crippen LogP contribution in [0.4, 0.5) is 0 Å². The Kier molecular flexibility index (Phi) is 3.78. The molecule has 0 N–H and O–H groups in total. The van der Waals surface area contributed by atoms with E-state index in [1.165, 1.54) is 0 Å². The first-order valence-electron chi connectivity index (χ1n) is 6.87. The molecular formula is C17H15NO4. The van der Waals surface area contributed by atoms with E-state index >= 15 is 0 Å². The molecule has 1 heterocycles. The molecule has 0 bridgehead atoms. The van der Waals surface area contributed by atoms with E-state index < -0.39 is 5.97 Å². The molecule has 1 aliphatic heterocycles. The number of aryl methyl sites for hydroxylation is 2. The highest BCUT2D eigenvalue weighted by molar-refractivity contribution is 6.05. The van der Waals surface area contributed by atoms with Crippen LogP contribution in [0.1, 0.15) is 27.0 Å². The van der Waals surface area contributed by atoms with Crippen LogP contribution >= 0.6 is 0 Å². The maximum atomic E-state index is 12.5. The number of hydrogen-bond acceptors (Lipinski definition) is 5. The molecule has 0 unspecified atom stereocenters. The molecule has 0 fully saturated rings. The summed E-state index contributed by atoms with van der Waals surface area (Å²) in [5, 5.41) is 3.77. The number of oxime groups is 1. The lowest BCUT2D eigenvalue weighted by atomic mass is 10.1. The summed E-state index contributed by atoms with van der Waals surface area (Å²) in [5.41, 5.74) is 2.86. The van der Waals surface area contributed by atoms with Crippen molar-refractivity contribution in [1.82, 2.24) is 0 Å². The minimum absolute atomic E-state index is 0.0513. The van der Waals surface area contributed by atoms with Crippen molar-refractivity contribution < 1.29 is 19.1 Å². The summed E-state index contributed by atoms with van der Waals surface area (Å²) in [7, 11) is 0. The van der Waals surface area contributed by atoms with Crippen LogP contribution in [0.25, 0.3) is 0 Å². The predicted molar refractivity (Wildman–Crippen MR) is 80.9 cm³/mol. The fourth-order valence-electron chi connectivity index (χ4n) is 2.14. The lowest BCUT2D eigenvalue weighted by Gasteiger charge is -2.10. The Morgan fingerprint density at radius 1 is 1.18 bits per heavy atom. The van der Waals surface area contributed by atoms with Gasteiger partial charge in [-0.05, 0) is 48.3 Å². The van der Waals surface area contributed by atoms with E-state index in [0.29, 0.717) is 16.9 Å². The lowest BCUT2D eigenvalue weighted by Crippen LogP contribution is -2.15. The highest BCUT2D eigenvalue weighted by Gasteiger charge is 2.21. The minimum Gasteiger partial charge on any atom is -0.435 e. The zero-order valence-corrected chi connectivity index (χ0v) is 12.3. The molecule has 0 radical (unpaired) electrons. The summed E-state index contributed by atoms with van der Waals surface area (Å²) in [6, 6.07) is 12.7. The average Bonchev–Trinajstić information content (AvgIpc) is 3.05. The smallest absolute Gasteiger partial charge is 0.344 e. The topological polar surface area (TPSA) is 57.1 Å². The molecule has 3 rings (SSSR count). The van der Waals surface area contributed by atoms with Gasteiger partial charge in [0.15, 0.2) is 0 Å². The molecule has 0 saturated heterocycles. The van der Waals surface area contributed by atoms with E-state index in [1.807, 2.05) is 32.0 Å². The van der Waals surface area contributed by atoms with Crippen molar-refractivity contribution >= 4 is 11.9 Å². The van der Waals surface area contributed by atoms with Gasteiger partial charge >= 0.3 is 5.97 Å². The van der Waals surface area contributed by atoms with Gasteiger partial charge in [0.05, 0.1) is 11.1 Å². The second kappa shape index (κ2) is 5.89. The Morgan fingerprint density at radius 3 is 2.77 bits per heavy atom. The van der Waals surface area contributed by atoms with Crippen LogP contribution in [-0.4, -0.2) is 18.7 Å². The summed E-state index contributed by atoms with van der Waals surface area (Å²) in [6.07, 6.45) is 0. The van der Waals surface area contributed by atoms with Crippen molar-refractivity contribution in [1.29, 1.82) is 0 Å². The van der Waals surface area contributed by atoms with E-state index in [0.717, 1.165) is 11.1 Å². The molecule has 0 aliphatic carbocycles. The molecule has 5 heteroatoms. The second-order valence-electron chi connectivity index (χ2n) is 4.99. The van der Waals surface area contributed by atoms with Crippen LogP contribution < -0.4 is 4.74 Å². The first kappa shape index (κ1) is 14.1. The third kappa shape index (κ3) is 2.79. The van der Waals surface area contributed by atoms with Gasteiger partial charge in [0, 0.05) is 0 Å². The Hall–Kier alpha value is -2.82. The quantitative estimate of drug-likeness (QED) is 0.645. The molecule has 2 aromatic rings. The summed E-state index contributed by atoms with van der Waals surface area (Å²) in [5.74, 6) is 0.376. The largest absolute Gasteiger partial charge is 0.435 e. The fraction of sp³-hybridized carbons (Fsp3) is 0.176. The van der Waals surface area contributed by atoms with Gasteiger partial charge in [0.2, 0.25) is 0 Å². The van der Waals surface area contributed by atoms with Gasteiger partial charge in [-0.1, -0.05) is 24.3 Å². The van der Waals surface area contributed by atoms with Gasteiger partial charge in [-0.25, -0.2) is 4.79 Å². The van der Waals surface area contributed by atoms with Gasteiger partial charge in [-0.15, -0.1) is 0 Å². The number of rotatable bonds is 3. The van der Waals surface area contributed by atoms with Crippen molar-refractivity contribution in [3.63, 3.8) is 0 Å². The maximum absolute atomic E-state index is 12.5. The highest BCUT2D eigenvalue weighted by atomic mass is 16.8. The number of carbonyl (C=O) groups is 1. The van der Waals surface area contributed by atoms with Crippen LogP contribution in [0.3, 0.4) is 0 Å². The SMILES string of the molecule is Cc1ccc(C)c(OC(=O)c2ccccc2C2=NOCO2)c1. The third-order valence-corrected chi connectivity index (χ3v) is 3.32. The van der Waals surface area contributed by atoms with Crippen LogP contribution in [0, 0.1) is 13.8 Å². The minimum atomic E-state index is -0.456. The zero-order valence-electron chi connectivity index (χ0n) is 12.3. The summed E-state index contributed by atoms with van der Waals surface area (Å²) >= 11 is 0. The van der Waals surface area contributed by atoms with Crippen molar-refractivity contribution in [3.8, 4) is 5.75 Å². The van der Waals surface area contributed by atoms with E-state index in [4.69, 9.17) is 14.3 Å². The second-order valence-corrected chi connectivity index (χ2v) is 4.99. The molecule has 5 nitrogen and oxygen atoms in total. The number of nitrogens with zero attached hydrogens (tertiary/aromatic N) is 1. The van der Waals surface area contributed by atoms with Gasteiger partial charge in [0.25, 0.3) is 12.7 Å². The number of carbonyl (C=O) groups excluding carboxylic acids is 1. The molecular weight excluding hydrogens is 282 g/mol. The van der Waals surface area contributed by atoms with Gasteiger partial charge < -0.3 is 14.3 Å². The molecule has 0 spiro atoms. The van der Waals surface area contributed by atoms with E-state index in [-0.39, 0.29) is 12.7 Å². The first-order valence-corrected chi connectivity index (χ1v) is 6.87. The van der Waals surface area contributed by atoms with Gasteiger partial charge in [-0.2, -0.15) is 0 Å². The average molecular weight is 297 g/mol. The van der Waals surface area contributed by atoms with E-state index in [2.05, 4.69) is 5.16 Å². The highest BCUT2D eigenvalue weighted by Crippen LogP contribution is 2.22. The standard InChI is InChI=1S/C17H15NO4/c1-11-7-8-12(2)15(9-11)22-17(19)14-6-4-3-5-13(14)16-18-21-10-20-16/h3-9H,10H2,1-2H3. The first-order chi connectivity index (χ1) is 10.6. The molecule has 0 aromatic heterocycles. The molecule has 0 atom stereocenters. The zero-order chi connectivity index (χ0) is 15.5. The van der Waals surface area contributed by atoms with Gasteiger partial charge in [-0.3, -0.25) is 0 Å². The van der Waals surface area contributed by atoms with Crippen LogP contribution in [0.5, 0.6) is 5.75 Å². The molecule has 2 aromatic carbocycles. The van der Waals surface area contributed by atoms with Crippen LogP contribution in [0.15, 0.2) is 47.6 Å². The Bertz CT molecular complexity index is 752. The molecule has 0 saturated carbocycles. The summed E-state index contributed by atoms with van der Waals surface area (Å²) < 4.78 is 10.8. The van der Waals surface area contributed by atoms with Crippen molar-refractivity contribution in [2.75, 3.05) is 6.79 Å². The monoisotopic (exact) mass is 297 g/mol. The van der Waals surface area contributed by atoms with Crippen molar-refractivity contribution in [3.05, 3.63) is 64.7 Å². The van der Waals surface area contributed by atoms with Crippen molar-refractivity contribution in [2.24, 2.45) is 5.16 Å². The predicted octanol–water partition coefficient (Wildman–Crippen LogP) is 3.19. The summed E-state index contributed by atoms with van der Waals surface area (Å²) in [4.78, 5) is 17.3. The summed E-state index contributed by atoms with van der Waals surface area (Å²) in [6.45, 7) is 3.89. The van der Waals surface area contributed by atoms with Crippen LogP contribution in [0.2, 0.25) is 0 Å². The molecule has 1 aliphatic rings. The molecule has 0 amide bonds. The molecule has 112 valence electrons. The lowest BCUT2D eigenvalue weighted by molar-refractivity contribution is 0.0582. The van der Waals surface area contributed by atoms with E-state index in [1.54, 1.807) is 24.3 Å². The van der Waals surface area contributed by atoms with Crippen molar-refractivity contribution in [2.45, 2.75) is 13.8 Å². The third-order valence-electron chi connectivity index (χ3n) is 3.32. The number of esters is 1. The molecule has 22 heavy (non-hydrogen) atoms.